The molecule has 0 bridgehead atoms. The maximum Gasteiger partial charge on any atom is 0.453 e. The minimum absolute atomic E-state index is 0.171. The standard InChI is InChI=1S/C27H33F5N2OS/c1-20-19-36-24-6-3-2-5-23(24)25(20)21-7-9-22(10-8-21)35-18-17-34-15-13-33(14-16-34)12-4-11-26(28,29)27(30,31)32/h2-3,5-10,20,25H,4,11-19H2,1H3. The Kier molecular flexibility index (Phi) is 8.83. The van der Waals surface area contributed by atoms with Crippen LogP contribution in [-0.2, 0) is 0 Å². The highest BCUT2D eigenvalue weighted by Crippen LogP contribution is 2.44. The highest BCUT2D eigenvalue weighted by atomic mass is 32.2. The zero-order valence-electron chi connectivity index (χ0n) is 20.4. The molecule has 0 saturated carbocycles. The molecule has 9 heteroatoms. The topological polar surface area (TPSA) is 15.7 Å². The van der Waals surface area contributed by atoms with E-state index in [0.29, 0.717) is 31.5 Å². The number of ether oxygens (including phenoxy) is 1. The van der Waals surface area contributed by atoms with Gasteiger partial charge in [-0.15, -0.1) is 11.8 Å². The van der Waals surface area contributed by atoms with Crippen molar-refractivity contribution >= 4 is 11.8 Å². The van der Waals surface area contributed by atoms with Gasteiger partial charge in [0, 0.05) is 55.7 Å². The summed E-state index contributed by atoms with van der Waals surface area (Å²) < 4.78 is 68.9. The van der Waals surface area contributed by atoms with Crippen LogP contribution in [0.25, 0.3) is 0 Å². The summed E-state index contributed by atoms with van der Waals surface area (Å²) in [6.07, 6.45) is -6.80. The third-order valence-corrected chi connectivity index (χ3v) is 8.46. The van der Waals surface area contributed by atoms with Gasteiger partial charge in [-0.1, -0.05) is 37.3 Å². The molecule has 0 N–H and O–H groups in total. The van der Waals surface area contributed by atoms with Gasteiger partial charge in [-0.3, -0.25) is 4.90 Å². The minimum atomic E-state index is -5.47. The van der Waals surface area contributed by atoms with Gasteiger partial charge in [0.25, 0.3) is 0 Å². The van der Waals surface area contributed by atoms with Crippen molar-refractivity contribution in [1.82, 2.24) is 9.80 Å². The van der Waals surface area contributed by atoms with Crippen molar-refractivity contribution in [1.29, 1.82) is 0 Å². The summed E-state index contributed by atoms with van der Waals surface area (Å²) in [5.41, 5.74) is 2.69. The van der Waals surface area contributed by atoms with Crippen LogP contribution in [0.5, 0.6) is 5.75 Å². The van der Waals surface area contributed by atoms with E-state index in [0.717, 1.165) is 31.1 Å². The number of alkyl halides is 5. The van der Waals surface area contributed by atoms with Crippen molar-refractivity contribution < 1.29 is 26.7 Å². The van der Waals surface area contributed by atoms with Crippen LogP contribution in [0.3, 0.4) is 0 Å². The van der Waals surface area contributed by atoms with Crippen molar-refractivity contribution in [2.75, 3.05) is 51.6 Å². The SMILES string of the molecule is CC1CSc2ccccc2C1c1ccc(OCCN2CCN(CCCC(F)(F)C(F)(F)F)CC2)cc1. The fraction of sp³-hybridized carbons (Fsp3) is 0.556. The van der Waals surface area contributed by atoms with E-state index in [1.165, 1.54) is 16.0 Å². The van der Waals surface area contributed by atoms with Crippen molar-refractivity contribution in [3.8, 4) is 5.75 Å². The Balaban J connectivity index is 1.18. The van der Waals surface area contributed by atoms with E-state index in [1.807, 2.05) is 28.8 Å². The van der Waals surface area contributed by atoms with Crippen LogP contribution < -0.4 is 4.74 Å². The number of hydrogen-bond donors (Lipinski definition) is 0. The molecule has 0 amide bonds. The van der Waals surface area contributed by atoms with Crippen molar-refractivity contribution in [3.05, 3.63) is 59.7 Å². The van der Waals surface area contributed by atoms with E-state index in [2.05, 4.69) is 48.2 Å². The van der Waals surface area contributed by atoms with Crippen molar-refractivity contribution in [2.45, 2.75) is 42.7 Å². The molecule has 1 fully saturated rings. The van der Waals surface area contributed by atoms with Gasteiger partial charge in [0.15, 0.2) is 0 Å². The molecule has 2 aromatic carbocycles. The average Bonchev–Trinajstić information content (AvgIpc) is 2.85. The molecule has 0 radical (unpaired) electrons. The van der Waals surface area contributed by atoms with Gasteiger partial charge >= 0.3 is 12.1 Å². The molecule has 36 heavy (non-hydrogen) atoms. The Bertz CT molecular complexity index is 977. The van der Waals surface area contributed by atoms with Gasteiger partial charge in [0.05, 0.1) is 0 Å². The predicted octanol–water partition coefficient (Wildman–Crippen LogP) is 6.53. The molecule has 0 spiro atoms. The Morgan fingerprint density at radius 1 is 0.889 bits per heavy atom. The number of nitrogens with zero attached hydrogens (tertiary/aromatic N) is 2. The molecule has 4 rings (SSSR count). The van der Waals surface area contributed by atoms with Crippen LogP contribution in [0.1, 0.15) is 36.8 Å². The van der Waals surface area contributed by atoms with Gasteiger partial charge in [0.2, 0.25) is 0 Å². The number of halogens is 5. The quantitative estimate of drug-likeness (QED) is 0.344. The minimum Gasteiger partial charge on any atom is -0.492 e. The van der Waals surface area contributed by atoms with E-state index in [1.54, 1.807) is 0 Å². The van der Waals surface area contributed by atoms with Crippen molar-refractivity contribution in [3.63, 3.8) is 0 Å². The third-order valence-electron chi connectivity index (χ3n) is 7.09. The maximum absolute atomic E-state index is 13.1. The summed E-state index contributed by atoms with van der Waals surface area (Å²) in [6, 6.07) is 17.0. The van der Waals surface area contributed by atoms with Crippen LogP contribution >= 0.6 is 11.8 Å². The van der Waals surface area contributed by atoms with Gasteiger partial charge in [0.1, 0.15) is 12.4 Å². The first-order valence-corrected chi connectivity index (χ1v) is 13.5. The van der Waals surface area contributed by atoms with Gasteiger partial charge in [-0.05, 0) is 48.2 Å². The lowest BCUT2D eigenvalue weighted by Crippen LogP contribution is -2.48. The molecule has 1 saturated heterocycles. The van der Waals surface area contributed by atoms with Gasteiger partial charge < -0.3 is 9.64 Å². The first-order chi connectivity index (χ1) is 17.1. The third kappa shape index (κ3) is 6.72. The van der Waals surface area contributed by atoms with Crippen LogP contribution in [0.15, 0.2) is 53.4 Å². The molecule has 2 heterocycles. The largest absolute Gasteiger partial charge is 0.492 e. The molecule has 2 aliphatic rings. The second kappa shape index (κ2) is 11.7. The summed E-state index contributed by atoms with van der Waals surface area (Å²) in [5, 5.41) is 0. The maximum atomic E-state index is 13.1. The predicted molar refractivity (Wildman–Crippen MR) is 133 cm³/mol. The zero-order chi connectivity index (χ0) is 25.8. The summed E-state index contributed by atoms with van der Waals surface area (Å²) >= 11 is 1.93. The van der Waals surface area contributed by atoms with E-state index in [4.69, 9.17) is 4.74 Å². The summed E-state index contributed by atoms with van der Waals surface area (Å²) in [6.45, 7) is 6.64. The number of piperazine rings is 1. The van der Waals surface area contributed by atoms with Crippen LogP contribution in [0.2, 0.25) is 0 Å². The number of benzene rings is 2. The molecular formula is C27H33F5N2OS. The van der Waals surface area contributed by atoms with Crippen molar-refractivity contribution in [2.24, 2.45) is 5.92 Å². The number of hydrogen-bond acceptors (Lipinski definition) is 4. The monoisotopic (exact) mass is 528 g/mol. The summed E-state index contributed by atoms with van der Waals surface area (Å²) in [5.74, 6) is -1.74. The fourth-order valence-electron chi connectivity index (χ4n) is 4.97. The lowest BCUT2D eigenvalue weighted by molar-refractivity contribution is -0.284. The lowest BCUT2D eigenvalue weighted by Gasteiger charge is -2.34. The normalized spacial score (nSPS) is 21.8. The molecule has 2 atom stereocenters. The second-order valence-electron chi connectivity index (χ2n) is 9.71. The van der Waals surface area contributed by atoms with Crippen LogP contribution in [0.4, 0.5) is 22.0 Å². The molecule has 0 aliphatic carbocycles. The molecule has 3 nitrogen and oxygen atoms in total. The summed E-state index contributed by atoms with van der Waals surface area (Å²) in [7, 11) is 0. The van der Waals surface area contributed by atoms with E-state index < -0.39 is 18.5 Å². The Hall–Kier alpha value is -1.84. The zero-order valence-corrected chi connectivity index (χ0v) is 21.3. The Morgan fingerprint density at radius 3 is 2.19 bits per heavy atom. The molecule has 198 valence electrons. The first-order valence-electron chi connectivity index (χ1n) is 12.5. The number of rotatable bonds is 9. The highest BCUT2D eigenvalue weighted by Gasteiger charge is 2.56. The van der Waals surface area contributed by atoms with E-state index in [9.17, 15) is 22.0 Å². The molecule has 2 unspecified atom stereocenters. The number of fused-ring (bicyclic) bond motifs is 1. The van der Waals surface area contributed by atoms with E-state index >= 15 is 0 Å². The van der Waals surface area contributed by atoms with Gasteiger partial charge in [-0.2, -0.15) is 22.0 Å². The van der Waals surface area contributed by atoms with Crippen LogP contribution in [0, 0.1) is 5.92 Å². The van der Waals surface area contributed by atoms with Crippen LogP contribution in [-0.4, -0.2) is 73.5 Å². The first kappa shape index (κ1) is 27.2. The smallest absolute Gasteiger partial charge is 0.453 e. The molecule has 2 aliphatic heterocycles. The molecule has 0 aromatic heterocycles. The Morgan fingerprint density at radius 2 is 1.53 bits per heavy atom. The van der Waals surface area contributed by atoms with Gasteiger partial charge in [-0.25, -0.2) is 0 Å². The highest BCUT2D eigenvalue weighted by molar-refractivity contribution is 7.99. The fourth-order valence-corrected chi connectivity index (χ4v) is 6.14. The summed E-state index contributed by atoms with van der Waals surface area (Å²) in [4.78, 5) is 5.54. The average molecular weight is 529 g/mol. The van der Waals surface area contributed by atoms with E-state index in [-0.39, 0.29) is 13.0 Å². The number of thioether (sulfide) groups is 1. The molecule has 2 aromatic rings. The Labute approximate surface area is 214 Å². The molecular weight excluding hydrogens is 495 g/mol. The lowest BCUT2D eigenvalue weighted by atomic mass is 9.82. The second-order valence-corrected chi connectivity index (χ2v) is 10.8.